The van der Waals surface area contributed by atoms with E-state index in [1.54, 1.807) is 0 Å². The SMILES string of the molecule is ClS1=NSc2cc3c(cc21)S(Cl)=NS3. The van der Waals surface area contributed by atoms with Gasteiger partial charge < -0.3 is 0 Å². The highest BCUT2D eigenvalue weighted by Gasteiger charge is 2.22. The minimum absolute atomic E-state index is 0.500. The topological polar surface area (TPSA) is 24.7 Å². The van der Waals surface area contributed by atoms with Crippen molar-refractivity contribution in [1.29, 1.82) is 0 Å². The van der Waals surface area contributed by atoms with Crippen LogP contribution in [-0.4, -0.2) is 0 Å². The predicted octanol–water partition coefficient (Wildman–Crippen LogP) is 4.36. The Balaban J connectivity index is 2.24. The lowest BCUT2D eigenvalue weighted by molar-refractivity contribution is 1.10. The third-order valence-electron chi connectivity index (χ3n) is 1.78. The van der Waals surface area contributed by atoms with E-state index in [4.69, 9.17) is 21.4 Å². The third-order valence-corrected chi connectivity index (χ3v) is 8.16. The average Bonchev–Trinajstić information content (AvgIpc) is 2.71. The Hall–Kier alpha value is 0.800. The second kappa shape index (κ2) is 3.68. The van der Waals surface area contributed by atoms with Crippen molar-refractivity contribution in [2.24, 2.45) is 7.54 Å². The number of halogens is 2. The van der Waals surface area contributed by atoms with Gasteiger partial charge in [0, 0.05) is 53.5 Å². The van der Waals surface area contributed by atoms with Crippen molar-refractivity contribution in [1.82, 2.24) is 0 Å². The number of nitrogens with zero attached hydrogens (tertiary/aromatic N) is 2. The first-order valence-corrected chi connectivity index (χ1v) is 9.07. The molecule has 0 fully saturated rings. The molecule has 1 aromatic rings. The van der Waals surface area contributed by atoms with Crippen LogP contribution in [0.1, 0.15) is 0 Å². The van der Waals surface area contributed by atoms with Gasteiger partial charge in [-0.25, -0.2) is 0 Å². The van der Waals surface area contributed by atoms with Crippen LogP contribution in [0.25, 0.3) is 0 Å². The Morgan fingerprint density at radius 1 is 0.929 bits per heavy atom. The van der Waals surface area contributed by atoms with Crippen molar-refractivity contribution in [3.8, 4) is 0 Å². The monoisotopic (exact) mass is 300 g/mol. The molecule has 0 saturated heterocycles. The van der Waals surface area contributed by atoms with E-state index in [-0.39, 0.29) is 0 Å². The first-order valence-electron chi connectivity index (χ1n) is 3.51. The van der Waals surface area contributed by atoms with Gasteiger partial charge in [0.25, 0.3) is 0 Å². The first-order chi connectivity index (χ1) is 6.75. The van der Waals surface area contributed by atoms with Crippen molar-refractivity contribution >= 4 is 65.1 Å². The van der Waals surface area contributed by atoms with Gasteiger partial charge in [-0.3, -0.25) is 0 Å². The molecule has 2 atom stereocenters. The van der Waals surface area contributed by atoms with Crippen molar-refractivity contribution in [3.63, 3.8) is 0 Å². The molecule has 2 heterocycles. The zero-order valence-corrected chi connectivity index (χ0v) is 11.2. The summed E-state index contributed by atoms with van der Waals surface area (Å²) < 4.78 is 8.40. The number of hydrogen-bond acceptors (Lipinski definition) is 4. The molecule has 14 heavy (non-hydrogen) atoms. The van der Waals surface area contributed by atoms with Gasteiger partial charge in [0.1, 0.15) is 0 Å². The van der Waals surface area contributed by atoms with Crippen molar-refractivity contribution in [2.45, 2.75) is 19.6 Å². The Labute approximate surface area is 104 Å². The Bertz CT molecular complexity index is 458. The molecule has 74 valence electrons. The zero-order valence-electron chi connectivity index (χ0n) is 6.44. The Morgan fingerprint density at radius 3 is 1.93 bits per heavy atom. The molecule has 0 N–H and O–H groups in total. The van der Waals surface area contributed by atoms with Gasteiger partial charge in [-0.2, -0.15) is 7.54 Å². The van der Waals surface area contributed by atoms with Gasteiger partial charge in [-0.15, -0.1) is 0 Å². The van der Waals surface area contributed by atoms with E-state index in [1.807, 2.05) is 6.07 Å². The van der Waals surface area contributed by atoms with Crippen molar-refractivity contribution < 1.29 is 0 Å². The van der Waals surface area contributed by atoms with Crippen LogP contribution in [0, 0.1) is 0 Å². The summed E-state index contributed by atoms with van der Waals surface area (Å²) in [6.07, 6.45) is 0. The normalized spacial score (nSPS) is 27.9. The summed E-state index contributed by atoms with van der Waals surface area (Å²) >= 11 is 2.91. The molecule has 8 heteroatoms. The van der Waals surface area contributed by atoms with E-state index in [9.17, 15) is 0 Å². The maximum absolute atomic E-state index is 6.06. The smallest absolute Gasteiger partial charge is 0.0515 e. The molecule has 0 aromatic heterocycles. The zero-order chi connectivity index (χ0) is 9.71. The van der Waals surface area contributed by atoms with E-state index >= 15 is 0 Å². The lowest BCUT2D eigenvalue weighted by Gasteiger charge is -2.01. The maximum atomic E-state index is 6.06. The van der Waals surface area contributed by atoms with E-state index in [2.05, 4.69) is 13.6 Å². The lowest BCUT2D eigenvalue weighted by Crippen LogP contribution is -1.85. The van der Waals surface area contributed by atoms with E-state index in [0.29, 0.717) is 0 Å². The highest BCUT2D eigenvalue weighted by molar-refractivity contribution is 8.19. The summed E-state index contributed by atoms with van der Waals surface area (Å²) in [5.41, 5.74) is 0. The molecular formula is C6H2Cl2N2S4. The number of benzene rings is 1. The molecule has 0 aliphatic carbocycles. The van der Waals surface area contributed by atoms with Gasteiger partial charge in [0.15, 0.2) is 0 Å². The summed E-state index contributed by atoms with van der Waals surface area (Å²) in [7, 11) is 11.1. The third kappa shape index (κ3) is 1.47. The van der Waals surface area contributed by atoms with Crippen LogP contribution < -0.4 is 0 Å². The fourth-order valence-corrected chi connectivity index (χ4v) is 6.88. The molecule has 0 radical (unpaired) electrons. The lowest BCUT2D eigenvalue weighted by atomic mass is 10.3. The fourth-order valence-electron chi connectivity index (χ4n) is 1.15. The minimum atomic E-state index is -0.500. The number of hydrogen-bond donors (Lipinski definition) is 0. The quantitative estimate of drug-likeness (QED) is 0.665. The molecule has 0 bridgehead atoms. The predicted molar refractivity (Wildman–Crippen MR) is 66.0 cm³/mol. The second-order valence-corrected chi connectivity index (χ2v) is 8.57. The van der Waals surface area contributed by atoms with Crippen LogP contribution in [0.4, 0.5) is 0 Å². The van der Waals surface area contributed by atoms with Crippen LogP contribution in [0.15, 0.2) is 39.3 Å². The number of rotatable bonds is 0. The highest BCUT2D eigenvalue weighted by Crippen LogP contribution is 2.45. The molecule has 2 aliphatic heterocycles. The fraction of sp³-hybridized carbons (Fsp3) is 0. The summed E-state index contributed by atoms with van der Waals surface area (Å²) in [6, 6.07) is 4.13. The summed E-state index contributed by atoms with van der Waals surface area (Å²) in [5, 5.41) is 0. The van der Waals surface area contributed by atoms with Crippen LogP contribution in [0.3, 0.4) is 0 Å². The molecule has 2 nitrogen and oxygen atoms in total. The van der Waals surface area contributed by atoms with Crippen LogP contribution in [-0.2, 0) is 19.8 Å². The summed E-state index contributed by atoms with van der Waals surface area (Å²) in [4.78, 5) is 4.46. The standard InChI is InChI=1S/C6H2Cl2N2S4/c7-13-5-2-6-4(12-10-14(6)8)1-3(5)11-9-13/h1-2H. The Kier molecular flexibility index (Phi) is 2.62. The van der Waals surface area contributed by atoms with E-state index in [1.165, 1.54) is 23.9 Å². The molecule has 0 amide bonds. The van der Waals surface area contributed by atoms with E-state index < -0.39 is 19.8 Å². The van der Waals surface area contributed by atoms with Gasteiger partial charge >= 0.3 is 0 Å². The highest BCUT2D eigenvalue weighted by atomic mass is 35.7. The van der Waals surface area contributed by atoms with Crippen LogP contribution >= 0.6 is 45.3 Å². The van der Waals surface area contributed by atoms with E-state index in [0.717, 1.165) is 19.6 Å². The number of fused-ring (bicyclic) bond motifs is 2. The van der Waals surface area contributed by atoms with Crippen molar-refractivity contribution in [2.75, 3.05) is 0 Å². The van der Waals surface area contributed by atoms with Gasteiger partial charge in [0.05, 0.1) is 9.79 Å². The second-order valence-electron chi connectivity index (χ2n) is 2.55. The molecule has 3 rings (SSSR count). The van der Waals surface area contributed by atoms with Gasteiger partial charge in [-0.1, -0.05) is 0 Å². The molecular weight excluding hydrogens is 299 g/mol. The average molecular weight is 301 g/mol. The van der Waals surface area contributed by atoms with Gasteiger partial charge in [0.2, 0.25) is 0 Å². The summed E-state index contributed by atoms with van der Waals surface area (Å²) in [6.45, 7) is 0. The molecule has 0 saturated carbocycles. The molecule has 2 unspecified atom stereocenters. The maximum Gasteiger partial charge on any atom is 0.0515 e. The van der Waals surface area contributed by atoms with Crippen LogP contribution in [0.2, 0.25) is 0 Å². The van der Waals surface area contributed by atoms with Crippen molar-refractivity contribution in [3.05, 3.63) is 12.1 Å². The Morgan fingerprint density at radius 2 is 1.43 bits per heavy atom. The molecule has 0 spiro atoms. The minimum Gasteiger partial charge on any atom is -0.170 e. The molecule has 1 aromatic carbocycles. The van der Waals surface area contributed by atoms with Crippen LogP contribution in [0.5, 0.6) is 0 Å². The first kappa shape index (κ1) is 9.99. The largest absolute Gasteiger partial charge is 0.170 e. The molecule has 2 aliphatic rings. The van der Waals surface area contributed by atoms with Gasteiger partial charge in [-0.05, 0) is 33.5 Å². The summed E-state index contributed by atoms with van der Waals surface area (Å²) in [5.74, 6) is 0.